The van der Waals surface area contributed by atoms with Crippen LogP contribution < -0.4 is 5.32 Å². The number of benzene rings is 2. The molecule has 3 nitrogen and oxygen atoms in total. The average Bonchev–Trinajstić information content (AvgIpc) is 2.87. The molecular formula is C18H17FN2OS. The topological polar surface area (TPSA) is 42.0 Å². The summed E-state index contributed by atoms with van der Waals surface area (Å²) >= 11 is 1.26. The molecular weight excluding hydrogens is 311 g/mol. The lowest BCUT2D eigenvalue weighted by Crippen LogP contribution is -2.14. The highest BCUT2D eigenvalue weighted by atomic mass is 32.1. The van der Waals surface area contributed by atoms with Crippen molar-refractivity contribution in [2.45, 2.75) is 26.2 Å². The molecule has 0 saturated heterocycles. The number of amides is 1. The van der Waals surface area contributed by atoms with Crippen molar-refractivity contribution in [3.05, 3.63) is 59.4 Å². The van der Waals surface area contributed by atoms with Crippen LogP contribution in [-0.2, 0) is 5.41 Å². The smallest absolute Gasteiger partial charge is 0.257 e. The van der Waals surface area contributed by atoms with Crippen molar-refractivity contribution in [1.82, 2.24) is 4.98 Å². The quantitative estimate of drug-likeness (QED) is 0.720. The van der Waals surface area contributed by atoms with Gasteiger partial charge in [0, 0.05) is 5.56 Å². The SMILES string of the molecule is CC(C)(C)c1ccc(C(=O)Nc2nc3ccc(F)cc3s2)cc1. The number of thiazole rings is 1. The summed E-state index contributed by atoms with van der Waals surface area (Å²) in [6, 6.07) is 11.9. The molecule has 0 saturated carbocycles. The standard InChI is InChI=1S/C18H17FN2OS/c1-18(2,3)12-6-4-11(5-7-12)16(22)21-17-20-14-9-8-13(19)10-15(14)23-17/h4-10H,1-3H3,(H,20,21,22). The number of carbonyl (C=O) groups is 1. The molecule has 0 unspecified atom stereocenters. The van der Waals surface area contributed by atoms with Gasteiger partial charge in [-0.2, -0.15) is 0 Å². The Morgan fingerprint density at radius 1 is 1.13 bits per heavy atom. The van der Waals surface area contributed by atoms with Gasteiger partial charge < -0.3 is 0 Å². The molecule has 1 aromatic heterocycles. The molecule has 3 aromatic rings. The molecule has 0 aliphatic heterocycles. The Morgan fingerprint density at radius 2 is 1.83 bits per heavy atom. The fourth-order valence-electron chi connectivity index (χ4n) is 2.24. The first-order chi connectivity index (χ1) is 10.8. The lowest BCUT2D eigenvalue weighted by molar-refractivity contribution is 0.102. The second kappa shape index (κ2) is 5.74. The van der Waals surface area contributed by atoms with Gasteiger partial charge in [0.15, 0.2) is 5.13 Å². The van der Waals surface area contributed by atoms with Crippen LogP contribution >= 0.6 is 11.3 Å². The lowest BCUT2D eigenvalue weighted by atomic mass is 9.87. The van der Waals surface area contributed by atoms with E-state index in [1.165, 1.54) is 29.0 Å². The van der Waals surface area contributed by atoms with Crippen molar-refractivity contribution < 1.29 is 9.18 Å². The summed E-state index contributed by atoms with van der Waals surface area (Å²) in [6.45, 7) is 6.38. The third-order valence-electron chi connectivity index (χ3n) is 3.58. The van der Waals surface area contributed by atoms with Crippen LogP contribution in [0, 0.1) is 5.82 Å². The molecule has 2 aromatic carbocycles. The third-order valence-corrected chi connectivity index (χ3v) is 4.52. The molecule has 3 rings (SSSR count). The second-order valence-electron chi connectivity index (χ2n) is 6.41. The summed E-state index contributed by atoms with van der Waals surface area (Å²) in [4.78, 5) is 16.6. The fourth-order valence-corrected chi connectivity index (χ4v) is 3.13. The number of hydrogen-bond donors (Lipinski definition) is 1. The Labute approximate surface area is 138 Å². The van der Waals surface area contributed by atoms with E-state index >= 15 is 0 Å². The number of nitrogens with zero attached hydrogens (tertiary/aromatic N) is 1. The van der Waals surface area contributed by atoms with E-state index in [0.29, 0.717) is 20.9 Å². The first kappa shape index (κ1) is 15.6. The van der Waals surface area contributed by atoms with Gasteiger partial charge in [0.05, 0.1) is 10.2 Å². The minimum Gasteiger partial charge on any atom is -0.298 e. The molecule has 0 aliphatic carbocycles. The van der Waals surface area contributed by atoms with E-state index in [9.17, 15) is 9.18 Å². The zero-order valence-electron chi connectivity index (χ0n) is 13.2. The minimum atomic E-state index is -0.309. The van der Waals surface area contributed by atoms with Crippen molar-refractivity contribution in [2.75, 3.05) is 5.32 Å². The maximum Gasteiger partial charge on any atom is 0.257 e. The van der Waals surface area contributed by atoms with E-state index in [-0.39, 0.29) is 17.1 Å². The molecule has 0 aliphatic rings. The van der Waals surface area contributed by atoms with Gasteiger partial charge in [-0.15, -0.1) is 0 Å². The van der Waals surface area contributed by atoms with E-state index in [1.807, 2.05) is 24.3 Å². The number of aromatic nitrogens is 1. The van der Waals surface area contributed by atoms with E-state index in [1.54, 1.807) is 6.07 Å². The van der Waals surface area contributed by atoms with Crippen LogP contribution in [0.5, 0.6) is 0 Å². The van der Waals surface area contributed by atoms with Gasteiger partial charge in [0.1, 0.15) is 5.82 Å². The Bertz CT molecular complexity index is 863. The number of fused-ring (bicyclic) bond motifs is 1. The second-order valence-corrected chi connectivity index (χ2v) is 7.44. The Morgan fingerprint density at radius 3 is 2.48 bits per heavy atom. The fraction of sp³-hybridized carbons (Fsp3) is 0.222. The molecule has 0 radical (unpaired) electrons. The van der Waals surface area contributed by atoms with Crippen LogP contribution in [0.2, 0.25) is 0 Å². The lowest BCUT2D eigenvalue weighted by Gasteiger charge is -2.18. The van der Waals surface area contributed by atoms with Crippen LogP contribution in [0.25, 0.3) is 10.2 Å². The average molecular weight is 328 g/mol. The molecule has 0 atom stereocenters. The monoisotopic (exact) mass is 328 g/mol. The maximum absolute atomic E-state index is 13.2. The van der Waals surface area contributed by atoms with Crippen molar-refractivity contribution in [3.8, 4) is 0 Å². The van der Waals surface area contributed by atoms with E-state index in [0.717, 1.165) is 0 Å². The molecule has 1 heterocycles. The number of hydrogen-bond acceptors (Lipinski definition) is 3. The Kier molecular flexibility index (Phi) is 3.90. The van der Waals surface area contributed by atoms with Gasteiger partial charge in [0.25, 0.3) is 5.91 Å². The van der Waals surface area contributed by atoms with Crippen LogP contribution in [-0.4, -0.2) is 10.9 Å². The molecule has 118 valence electrons. The number of anilines is 1. The maximum atomic E-state index is 13.2. The number of halogens is 1. The first-order valence-electron chi connectivity index (χ1n) is 7.31. The molecule has 23 heavy (non-hydrogen) atoms. The molecule has 5 heteroatoms. The van der Waals surface area contributed by atoms with Crippen LogP contribution in [0.1, 0.15) is 36.7 Å². The third kappa shape index (κ3) is 3.40. The highest BCUT2D eigenvalue weighted by Crippen LogP contribution is 2.27. The van der Waals surface area contributed by atoms with Crippen LogP contribution in [0.3, 0.4) is 0 Å². The molecule has 0 bridgehead atoms. The van der Waals surface area contributed by atoms with Crippen molar-refractivity contribution in [2.24, 2.45) is 0 Å². The van der Waals surface area contributed by atoms with Crippen LogP contribution in [0.15, 0.2) is 42.5 Å². The summed E-state index contributed by atoms with van der Waals surface area (Å²) in [5.41, 5.74) is 2.47. The van der Waals surface area contributed by atoms with Crippen LogP contribution in [0.4, 0.5) is 9.52 Å². The largest absolute Gasteiger partial charge is 0.298 e. The minimum absolute atomic E-state index is 0.0477. The molecule has 0 spiro atoms. The predicted molar refractivity (Wildman–Crippen MR) is 92.7 cm³/mol. The molecule has 1 amide bonds. The predicted octanol–water partition coefficient (Wildman–Crippen LogP) is 4.99. The number of carbonyl (C=O) groups excluding carboxylic acids is 1. The van der Waals surface area contributed by atoms with Gasteiger partial charge >= 0.3 is 0 Å². The highest BCUT2D eigenvalue weighted by molar-refractivity contribution is 7.22. The summed E-state index contributed by atoms with van der Waals surface area (Å²) in [7, 11) is 0. The molecule has 1 N–H and O–H groups in total. The number of nitrogens with one attached hydrogen (secondary N) is 1. The summed E-state index contributed by atoms with van der Waals surface area (Å²) < 4.78 is 13.9. The zero-order chi connectivity index (χ0) is 16.6. The van der Waals surface area contributed by atoms with E-state index in [4.69, 9.17) is 0 Å². The Hall–Kier alpha value is -2.27. The normalized spacial score (nSPS) is 11.7. The van der Waals surface area contributed by atoms with Crippen molar-refractivity contribution in [1.29, 1.82) is 0 Å². The van der Waals surface area contributed by atoms with Gasteiger partial charge in [0.2, 0.25) is 0 Å². The van der Waals surface area contributed by atoms with Gasteiger partial charge in [-0.1, -0.05) is 44.2 Å². The molecule has 0 fully saturated rings. The van der Waals surface area contributed by atoms with Crippen molar-refractivity contribution in [3.63, 3.8) is 0 Å². The first-order valence-corrected chi connectivity index (χ1v) is 8.12. The summed E-state index contributed by atoms with van der Waals surface area (Å²) in [6.07, 6.45) is 0. The van der Waals surface area contributed by atoms with E-state index < -0.39 is 0 Å². The van der Waals surface area contributed by atoms with Gasteiger partial charge in [-0.25, -0.2) is 9.37 Å². The Balaban J connectivity index is 1.80. The number of rotatable bonds is 2. The van der Waals surface area contributed by atoms with Crippen molar-refractivity contribution >= 4 is 32.6 Å². The van der Waals surface area contributed by atoms with Gasteiger partial charge in [-0.3, -0.25) is 10.1 Å². The zero-order valence-corrected chi connectivity index (χ0v) is 14.0. The summed E-state index contributed by atoms with van der Waals surface area (Å²) in [5, 5.41) is 3.24. The van der Waals surface area contributed by atoms with Gasteiger partial charge in [-0.05, 0) is 41.3 Å². The summed E-state index contributed by atoms with van der Waals surface area (Å²) in [5.74, 6) is -0.526. The highest BCUT2D eigenvalue weighted by Gasteiger charge is 2.15. The van der Waals surface area contributed by atoms with E-state index in [2.05, 4.69) is 31.1 Å².